The highest BCUT2D eigenvalue weighted by Crippen LogP contribution is 2.55. The summed E-state index contributed by atoms with van der Waals surface area (Å²) >= 11 is 0. The van der Waals surface area contributed by atoms with Gasteiger partial charge in [0.25, 0.3) is 0 Å². The maximum Gasteiger partial charge on any atom is 0.201 e. The molecule has 4 unspecified atom stereocenters. The number of ether oxygens (including phenoxy) is 1. The molecule has 2 aliphatic carbocycles. The van der Waals surface area contributed by atoms with Gasteiger partial charge >= 0.3 is 0 Å². The van der Waals surface area contributed by atoms with Gasteiger partial charge in [0.2, 0.25) is 5.82 Å². The molecule has 2 fully saturated rings. The summed E-state index contributed by atoms with van der Waals surface area (Å²) in [6, 6.07) is 11.3. The second-order valence-electron chi connectivity index (χ2n) is 8.79. The van der Waals surface area contributed by atoms with Gasteiger partial charge < -0.3 is 4.74 Å². The Balaban J connectivity index is 1.50. The second kappa shape index (κ2) is 8.85. The Hall–Kier alpha value is -1.90. The molecule has 0 spiro atoms. The Labute approximate surface area is 173 Å². The largest absolute Gasteiger partial charge is 0.491 e. The number of unbranched alkanes of at least 4 members (excludes halogenated alkanes) is 1. The average molecular weight is 399 g/mol. The van der Waals surface area contributed by atoms with Crippen LogP contribution in [0.5, 0.6) is 5.75 Å². The van der Waals surface area contributed by atoms with Crippen LogP contribution in [0.15, 0.2) is 36.4 Å². The minimum Gasteiger partial charge on any atom is -0.491 e. The van der Waals surface area contributed by atoms with E-state index < -0.39 is 11.6 Å². The molecule has 1 nitrogen and oxygen atoms in total. The molecule has 0 saturated heterocycles. The fraction of sp³-hybridized carbons (Fsp3) is 0.538. The molecule has 0 aromatic heterocycles. The Kier molecular flexibility index (Phi) is 6.22. The van der Waals surface area contributed by atoms with Crippen molar-refractivity contribution in [2.45, 2.75) is 64.7 Å². The number of hydrogen-bond donors (Lipinski definition) is 0. The van der Waals surface area contributed by atoms with Crippen LogP contribution < -0.4 is 4.74 Å². The highest BCUT2D eigenvalue weighted by Gasteiger charge is 2.44. The van der Waals surface area contributed by atoms with Crippen LogP contribution in [0.3, 0.4) is 0 Å². The summed E-state index contributed by atoms with van der Waals surface area (Å²) in [4.78, 5) is 0. The minimum absolute atomic E-state index is 0.0266. The Bertz CT molecular complexity index is 829. The van der Waals surface area contributed by atoms with Gasteiger partial charge in [-0.1, -0.05) is 50.5 Å². The van der Waals surface area contributed by atoms with E-state index in [1.54, 1.807) is 13.0 Å². The number of rotatable bonds is 7. The van der Waals surface area contributed by atoms with Crippen LogP contribution in [0.4, 0.5) is 8.78 Å². The van der Waals surface area contributed by atoms with Crippen molar-refractivity contribution in [3.8, 4) is 16.9 Å². The summed E-state index contributed by atoms with van der Waals surface area (Å²) in [6.45, 7) is 4.35. The van der Waals surface area contributed by atoms with Crippen LogP contribution in [-0.2, 0) is 0 Å². The lowest BCUT2D eigenvalue weighted by Crippen LogP contribution is -2.12. The first-order valence-electron chi connectivity index (χ1n) is 11.3. The van der Waals surface area contributed by atoms with E-state index >= 15 is 0 Å². The van der Waals surface area contributed by atoms with Crippen LogP contribution in [0.1, 0.15) is 70.3 Å². The molecule has 0 heterocycles. The first-order chi connectivity index (χ1) is 14.1. The lowest BCUT2D eigenvalue weighted by Gasteiger charge is -2.21. The van der Waals surface area contributed by atoms with Crippen LogP contribution in [0.25, 0.3) is 11.1 Å². The van der Waals surface area contributed by atoms with Gasteiger partial charge in [-0.2, -0.15) is 4.39 Å². The molecule has 0 amide bonds. The van der Waals surface area contributed by atoms with Crippen LogP contribution in [0, 0.1) is 29.4 Å². The highest BCUT2D eigenvalue weighted by atomic mass is 19.2. The quantitative estimate of drug-likeness (QED) is 0.463. The molecule has 2 aromatic rings. The minimum atomic E-state index is -0.906. The molecular formula is C26H32F2O. The van der Waals surface area contributed by atoms with Crippen LogP contribution >= 0.6 is 0 Å². The van der Waals surface area contributed by atoms with Crippen molar-refractivity contribution in [1.82, 2.24) is 0 Å². The summed E-state index contributed by atoms with van der Waals surface area (Å²) < 4.78 is 33.9. The monoisotopic (exact) mass is 398 g/mol. The van der Waals surface area contributed by atoms with Crippen molar-refractivity contribution in [3.63, 3.8) is 0 Å². The Morgan fingerprint density at radius 3 is 2.34 bits per heavy atom. The SMILES string of the molecule is CCCCC1CCC2C(c3ccc(-c4ccc(OCC)c(F)c4F)cc3)CCC12. The van der Waals surface area contributed by atoms with Crippen molar-refractivity contribution in [3.05, 3.63) is 53.6 Å². The molecule has 156 valence electrons. The third-order valence-corrected chi connectivity index (χ3v) is 7.28. The van der Waals surface area contributed by atoms with Crippen molar-refractivity contribution in [2.75, 3.05) is 6.61 Å². The van der Waals surface area contributed by atoms with Gasteiger partial charge in [-0.25, -0.2) is 4.39 Å². The Morgan fingerprint density at radius 1 is 0.862 bits per heavy atom. The van der Waals surface area contributed by atoms with Gasteiger partial charge in [-0.15, -0.1) is 0 Å². The molecule has 0 radical (unpaired) electrons. The van der Waals surface area contributed by atoms with Crippen molar-refractivity contribution >= 4 is 0 Å². The fourth-order valence-corrected chi connectivity index (χ4v) is 5.89. The number of fused-ring (bicyclic) bond motifs is 1. The summed E-state index contributed by atoms with van der Waals surface area (Å²) in [5.41, 5.74) is 2.38. The van der Waals surface area contributed by atoms with Gasteiger partial charge in [0, 0.05) is 5.56 Å². The molecule has 4 atom stereocenters. The smallest absolute Gasteiger partial charge is 0.201 e. The molecule has 29 heavy (non-hydrogen) atoms. The zero-order valence-corrected chi connectivity index (χ0v) is 17.6. The van der Waals surface area contributed by atoms with Crippen molar-refractivity contribution in [1.29, 1.82) is 0 Å². The summed E-state index contributed by atoms with van der Waals surface area (Å²) in [5.74, 6) is 1.48. The normalized spacial score (nSPS) is 25.9. The molecular weight excluding hydrogens is 366 g/mol. The van der Waals surface area contributed by atoms with E-state index in [1.165, 1.54) is 56.6 Å². The highest BCUT2D eigenvalue weighted by molar-refractivity contribution is 5.65. The maximum atomic E-state index is 14.5. The number of benzene rings is 2. The first kappa shape index (κ1) is 20.4. The lowest BCUT2D eigenvalue weighted by atomic mass is 9.83. The van der Waals surface area contributed by atoms with E-state index in [0.717, 1.165) is 23.3 Å². The molecule has 2 aliphatic rings. The predicted molar refractivity (Wildman–Crippen MR) is 114 cm³/mol. The predicted octanol–water partition coefficient (Wildman–Crippen LogP) is 7.74. The van der Waals surface area contributed by atoms with E-state index in [-0.39, 0.29) is 5.75 Å². The van der Waals surface area contributed by atoms with Gasteiger partial charge in [0.1, 0.15) is 0 Å². The number of halogens is 2. The molecule has 4 rings (SSSR count). The van der Waals surface area contributed by atoms with Gasteiger partial charge in [-0.05, 0) is 79.5 Å². The van der Waals surface area contributed by atoms with E-state index in [1.807, 2.05) is 12.1 Å². The average Bonchev–Trinajstić information content (AvgIpc) is 3.33. The molecule has 2 saturated carbocycles. The molecule has 0 bridgehead atoms. The number of hydrogen-bond acceptors (Lipinski definition) is 1. The maximum absolute atomic E-state index is 14.5. The third kappa shape index (κ3) is 3.93. The molecule has 2 aromatic carbocycles. The van der Waals surface area contributed by atoms with E-state index in [0.29, 0.717) is 18.1 Å². The molecule has 0 aliphatic heterocycles. The summed E-state index contributed by atoms with van der Waals surface area (Å²) in [5, 5.41) is 0. The van der Waals surface area contributed by atoms with Crippen LogP contribution in [-0.4, -0.2) is 6.61 Å². The van der Waals surface area contributed by atoms with Crippen LogP contribution in [0.2, 0.25) is 0 Å². The Morgan fingerprint density at radius 2 is 1.62 bits per heavy atom. The van der Waals surface area contributed by atoms with Crippen molar-refractivity contribution < 1.29 is 13.5 Å². The standard InChI is InChI=1S/C26H32F2O/c1-3-5-6-17-11-12-23-20(17)13-14-21(23)18-7-9-19(10-8-18)22-15-16-24(29-4-2)26(28)25(22)27/h7-10,15-17,20-21,23H,3-6,11-14H2,1-2H3. The molecule has 0 N–H and O–H groups in total. The zero-order chi connectivity index (χ0) is 20.4. The third-order valence-electron chi connectivity index (χ3n) is 7.28. The first-order valence-corrected chi connectivity index (χ1v) is 11.3. The summed E-state index contributed by atoms with van der Waals surface area (Å²) in [7, 11) is 0. The van der Waals surface area contributed by atoms with Gasteiger partial charge in [-0.3, -0.25) is 0 Å². The van der Waals surface area contributed by atoms with Gasteiger partial charge in [0.05, 0.1) is 6.61 Å². The molecule has 3 heteroatoms. The van der Waals surface area contributed by atoms with E-state index in [2.05, 4.69) is 19.1 Å². The topological polar surface area (TPSA) is 9.23 Å². The summed E-state index contributed by atoms with van der Waals surface area (Å²) in [6.07, 6.45) is 9.41. The van der Waals surface area contributed by atoms with E-state index in [4.69, 9.17) is 4.74 Å². The second-order valence-corrected chi connectivity index (χ2v) is 8.79. The lowest BCUT2D eigenvalue weighted by molar-refractivity contribution is 0.314. The van der Waals surface area contributed by atoms with E-state index in [9.17, 15) is 8.78 Å². The zero-order valence-electron chi connectivity index (χ0n) is 17.6. The van der Waals surface area contributed by atoms with Gasteiger partial charge in [0.15, 0.2) is 11.6 Å². The fourth-order valence-electron chi connectivity index (χ4n) is 5.89. The van der Waals surface area contributed by atoms with Crippen molar-refractivity contribution in [2.24, 2.45) is 17.8 Å².